The van der Waals surface area contributed by atoms with Crippen molar-refractivity contribution in [3.8, 4) is 0 Å². The largest absolute Gasteiger partial charge is 0.329 e. The number of aromatic nitrogens is 1. The van der Waals surface area contributed by atoms with Crippen LogP contribution in [0.1, 0.15) is 30.0 Å². The van der Waals surface area contributed by atoms with Crippen molar-refractivity contribution in [1.82, 2.24) is 9.88 Å². The molecule has 2 amide bonds. The van der Waals surface area contributed by atoms with Crippen molar-refractivity contribution in [2.24, 2.45) is 0 Å². The summed E-state index contributed by atoms with van der Waals surface area (Å²) in [6.07, 6.45) is 4.35. The quantitative estimate of drug-likeness (QED) is 0.746. The zero-order chi connectivity index (χ0) is 16.8. The molecule has 24 heavy (non-hydrogen) atoms. The van der Waals surface area contributed by atoms with Gasteiger partial charge in [-0.2, -0.15) is 0 Å². The van der Waals surface area contributed by atoms with Crippen LogP contribution in [0, 0.1) is 0 Å². The predicted octanol–water partition coefficient (Wildman–Crippen LogP) is 4.08. The molecule has 0 spiro atoms. The molecule has 0 radical (unpaired) electrons. The summed E-state index contributed by atoms with van der Waals surface area (Å²) in [5.74, 6) is 0. The fourth-order valence-electron chi connectivity index (χ4n) is 3.72. The summed E-state index contributed by atoms with van der Waals surface area (Å²) in [5, 5.41) is 3.55. The van der Waals surface area contributed by atoms with E-state index in [-0.39, 0.29) is 23.7 Å². The van der Waals surface area contributed by atoms with Crippen molar-refractivity contribution < 1.29 is 4.79 Å². The van der Waals surface area contributed by atoms with E-state index in [2.05, 4.69) is 26.2 Å². The lowest BCUT2D eigenvalue weighted by Crippen LogP contribution is -2.44. The molecular weight excluding hydrogens is 394 g/mol. The molecule has 2 aromatic rings. The van der Waals surface area contributed by atoms with E-state index in [1.807, 2.05) is 4.90 Å². The molecule has 1 fully saturated rings. The van der Waals surface area contributed by atoms with Gasteiger partial charge < -0.3 is 15.2 Å². The fraction of sp³-hybridized carbons (Fsp3) is 0.294. The normalized spacial score (nSPS) is 21.5. The molecule has 5 nitrogen and oxygen atoms in total. The molecule has 2 aliphatic rings. The minimum absolute atomic E-state index is 0.0198. The number of nitrogens with one attached hydrogen (secondary N) is 2. The third-order valence-electron chi connectivity index (χ3n) is 4.77. The van der Waals surface area contributed by atoms with Crippen molar-refractivity contribution in [2.45, 2.75) is 31.3 Å². The number of nitrogens with zero attached hydrogens (tertiary/aromatic N) is 1. The molecule has 2 N–H and O–H groups in total. The Balaban J connectivity index is 1.60. The highest BCUT2D eigenvalue weighted by Crippen LogP contribution is 2.43. The van der Waals surface area contributed by atoms with Gasteiger partial charge in [0.1, 0.15) is 0 Å². The molecule has 0 saturated carbocycles. The van der Waals surface area contributed by atoms with Gasteiger partial charge >= 0.3 is 6.03 Å². The Kier molecular flexibility index (Phi) is 3.89. The highest BCUT2D eigenvalue weighted by molar-refractivity contribution is 9.10. The van der Waals surface area contributed by atoms with E-state index in [4.69, 9.17) is 11.6 Å². The van der Waals surface area contributed by atoms with Crippen LogP contribution in [0.3, 0.4) is 0 Å². The van der Waals surface area contributed by atoms with E-state index in [0.29, 0.717) is 10.7 Å². The first-order chi connectivity index (χ1) is 11.5. The Morgan fingerprint density at radius 1 is 1.33 bits per heavy atom. The number of hydrogen-bond donors (Lipinski definition) is 2. The van der Waals surface area contributed by atoms with Crippen LogP contribution in [-0.4, -0.2) is 22.0 Å². The van der Waals surface area contributed by atoms with Gasteiger partial charge in [0.2, 0.25) is 5.56 Å². The zero-order valence-corrected chi connectivity index (χ0v) is 15.0. The maximum Gasteiger partial charge on any atom is 0.322 e. The number of halogens is 2. The molecule has 7 heteroatoms. The maximum absolute atomic E-state index is 12.8. The Labute approximate surface area is 152 Å². The molecule has 124 valence electrons. The molecule has 2 aliphatic heterocycles. The Morgan fingerprint density at radius 2 is 2.17 bits per heavy atom. The first kappa shape index (κ1) is 15.7. The summed E-state index contributed by atoms with van der Waals surface area (Å²) in [4.78, 5) is 29.0. The van der Waals surface area contributed by atoms with Crippen LogP contribution < -0.4 is 10.9 Å². The van der Waals surface area contributed by atoms with E-state index in [1.54, 1.807) is 30.5 Å². The molecule has 0 unspecified atom stereocenters. The number of amides is 2. The SMILES string of the molecule is O=C(Nc1ccc(Cl)c(Br)c1)N1[C@H]2CC[C@@H]1c1c[nH]c(=O)cc1C2. The number of rotatable bonds is 1. The first-order valence-corrected chi connectivity index (χ1v) is 8.96. The lowest BCUT2D eigenvalue weighted by atomic mass is 9.95. The summed E-state index contributed by atoms with van der Waals surface area (Å²) in [6, 6.07) is 7.01. The fourth-order valence-corrected chi connectivity index (χ4v) is 4.22. The predicted molar refractivity (Wildman–Crippen MR) is 96.5 cm³/mol. The third-order valence-corrected chi connectivity index (χ3v) is 5.98. The van der Waals surface area contributed by atoms with Gasteiger partial charge in [-0.05, 0) is 64.5 Å². The van der Waals surface area contributed by atoms with Crippen LogP contribution >= 0.6 is 27.5 Å². The lowest BCUT2D eigenvalue weighted by molar-refractivity contribution is 0.179. The van der Waals surface area contributed by atoms with Gasteiger partial charge in [0.25, 0.3) is 0 Å². The van der Waals surface area contributed by atoms with Crippen LogP contribution in [0.25, 0.3) is 0 Å². The molecule has 1 aromatic heterocycles. The van der Waals surface area contributed by atoms with Gasteiger partial charge in [-0.25, -0.2) is 4.79 Å². The van der Waals surface area contributed by atoms with Gasteiger partial charge in [-0.3, -0.25) is 4.79 Å². The van der Waals surface area contributed by atoms with E-state index >= 15 is 0 Å². The maximum atomic E-state index is 12.8. The average molecular weight is 409 g/mol. The van der Waals surface area contributed by atoms with Crippen molar-refractivity contribution in [1.29, 1.82) is 0 Å². The van der Waals surface area contributed by atoms with Crippen LogP contribution in [0.4, 0.5) is 10.5 Å². The Morgan fingerprint density at radius 3 is 2.96 bits per heavy atom. The summed E-state index contributed by atoms with van der Waals surface area (Å²) in [5.41, 5.74) is 2.72. The standard InChI is InChI=1S/C17H15BrClN3O2/c18-13-7-10(1-3-14(13)19)21-17(24)22-11-2-4-15(22)12-8-20-16(23)6-9(12)5-11/h1,3,6-8,11,15H,2,4-5H2,(H,20,23)(H,21,24)/t11-,15+/m0/s1. The topological polar surface area (TPSA) is 65.2 Å². The second-order valence-corrected chi connectivity index (χ2v) is 7.46. The highest BCUT2D eigenvalue weighted by Gasteiger charge is 2.42. The smallest absolute Gasteiger partial charge is 0.322 e. The van der Waals surface area contributed by atoms with Gasteiger partial charge in [-0.15, -0.1) is 0 Å². The monoisotopic (exact) mass is 407 g/mol. The molecule has 1 aromatic carbocycles. The van der Waals surface area contributed by atoms with Crippen LogP contribution in [0.15, 0.2) is 39.7 Å². The molecule has 0 aliphatic carbocycles. The minimum atomic E-state index is -0.117. The van der Waals surface area contributed by atoms with Gasteiger partial charge in [0.05, 0.1) is 11.1 Å². The second kappa shape index (κ2) is 5.93. The Hall–Kier alpha value is -1.79. The van der Waals surface area contributed by atoms with Gasteiger partial charge in [0, 0.05) is 28.5 Å². The number of H-pyrrole nitrogens is 1. The number of urea groups is 1. The molecule has 3 heterocycles. The number of hydrogen-bond acceptors (Lipinski definition) is 2. The van der Waals surface area contributed by atoms with Gasteiger partial charge in [-0.1, -0.05) is 11.6 Å². The third kappa shape index (κ3) is 2.63. The number of aromatic amines is 1. The molecule has 2 atom stereocenters. The van der Waals surface area contributed by atoms with Crippen molar-refractivity contribution in [3.63, 3.8) is 0 Å². The molecule has 2 bridgehead atoms. The van der Waals surface area contributed by atoms with E-state index in [1.165, 1.54) is 0 Å². The first-order valence-electron chi connectivity index (χ1n) is 7.79. The summed E-state index contributed by atoms with van der Waals surface area (Å²) >= 11 is 9.36. The Bertz CT molecular complexity index is 882. The van der Waals surface area contributed by atoms with Crippen molar-refractivity contribution >= 4 is 39.2 Å². The summed E-state index contributed by atoms with van der Waals surface area (Å²) < 4.78 is 0.742. The summed E-state index contributed by atoms with van der Waals surface area (Å²) in [6.45, 7) is 0. The minimum Gasteiger partial charge on any atom is -0.329 e. The van der Waals surface area contributed by atoms with E-state index in [0.717, 1.165) is 34.9 Å². The van der Waals surface area contributed by atoms with Crippen LogP contribution in [0.5, 0.6) is 0 Å². The van der Waals surface area contributed by atoms with Crippen LogP contribution in [0.2, 0.25) is 5.02 Å². The average Bonchev–Trinajstić information content (AvgIpc) is 2.86. The van der Waals surface area contributed by atoms with E-state index in [9.17, 15) is 9.59 Å². The molecule has 4 rings (SSSR count). The van der Waals surface area contributed by atoms with E-state index < -0.39 is 0 Å². The zero-order valence-electron chi connectivity index (χ0n) is 12.7. The molecule has 1 saturated heterocycles. The van der Waals surface area contributed by atoms with Crippen molar-refractivity contribution in [2.75, 3.05) is 5.32 Å². The number of anilines is 1. The van der Waals surface area contributed by atoms with Gasteiger partial charge in [0.15, 0.2) is 0 Å². The number of benzene rings is 1. The lowest BCUT2D eigenvalue weighted by Gasteiger charge is -2.36. The second-order valence-electron chi connectivity index (χ2n) is 6.20. The number of pyridine rings is 1. The molecular formula is C17H15BrClN3O2. The number of carbonyl (C=O) groups excluding carboxylic acids is 1. The van der Waals surface area contributed by atoms with Crippen molar-refractivity contribution in [3.05, 3.63) is 61.4 Å². The highest BCUT2D eigenvalue weighted by atomic mass is 79.9. The number of fused-ring (bicyclic) bond motifs is 4. The van der Waals surface area contributed by atoms with Crippen LogP contribution in [-0.2, 0) is 6.42 Å². The summed E-state index contributed by atoms with van der Waals surface area (Å²) in [7, 11) is 0. The number of carbonyl (C=O) groups is 1.